The van der Waals surface area contributed by atoms with Gasteiger partial charge in [-0.1, -0.05) is 5.87 Å². The average Bonchev–Trinajstić information content (AvgIpc) is 0.722. The lowest BCUT2D eigenvalue weighted by Crippen LogP contribution is -1.82. The SMILES string of the molecule is C=S(C)(C)=N. The van der Waals surface area contributed by atoms with Gasteiger partial charge < -0.3 is 0 Å². The van der Waals surface area contributed by atoms with E-state index in [-0.39, 0.29) is 0 Å². The Hall–Kier alpha value is 0.0200. The number of nitrogens with one attached hydrogen (secondary N) is 1. The molecule has 0 saturated heterocycles. The molecule has 0 bridgehead atoms. The van der Waals surface area contributed by atoms with E-state index in [9.17, 15) is 0 Å². The molecule has 0 fully saturated rings. The fraction of sp³-hybridized carbons (Fsp3) is 0.667. The summed E-state index contributed by atoms with van der Waals surface area (Å²) in [6.07, 6.45) is 3.65. The first kappa shape index (κ1) is 5.02. The Morgan fingerprint density at radius 2 is 1.60 bits per heavy atom. The maximum Gasteiger partial charge on any atom is -0.0140 e. The van der Waals surface area contributed by atoms with Gasteiger partial charge in [0.2, 0.25) is 0 Å². The van der Waals surface area contributed by atoms with Gasteiger partial charge in [-0.15, -0.1) is 9.41 Å². The van der Waals surface area contributed by atoms with Crippen molar-refractivity contribution in [3.8, 4) is 0 Å². The van der Waals surface area contributed by atoms with Crippen LogP contribution >= 0.6 is 0 Å². The molecule has 0 aromatic carbocycles. The molecule has 0 amide bonds. The van der Waals surface area contributed by atoms with E-state index < -0.39 is 9.41 Å². The summed E-state index contributed by atoms with van der Waals surface area (Å²) in [5.74, 6) is 3.52. The number of hydrogen-bond donors (Lipinski definition) is 1. The minimum absolute atomic E-state index is 1.17. The van der Waals surface area contributed by atoms with Crippen molar-refractivity contribution in [2.45, 2.75) is 0 Å². The highest BCUT2D eigenvalue weighted by Gasteiger charge is 1.63. The van der Waals surface area contributed by atoms with Gasteiger partial charge in [0, 0.05) is 0 Å². The zero-order chi connectivity index (χ0) is 4.50. The monoisotopic (exact) mass is 91.0 g/mol. The largest absolute Gasteiger partial charge is 0.287 e. The second-order valence-electron chi connectivity index (χ2n) is 1.54. The van der Waals surface area contributed by atoms with Gasteiger partial charge in [-0.25, -0.2) is 0 Å². The van der Waals surface area contributed by atoms with Gasteiger partial charge >= 0.3 is 0 Å². The van der Waals surface area contributed by atoms with E-state index in [1.807, 2.05) is 12.5 Å². The number of hydrogen-bond acceptors (Lipinski definition) is 1. The molecule has 1 nitrogen and oxygen atoms in total. The first-order valence-electron chi connectivity index (χ1n) is 1.31. The van der Waals surface area contributed by atoms with Gasteiger partial charge in [0.15, 0.2) is 0 Å². The Labute approximate surface area is 33.5 Å². The predicted octanol–water partition coefficient (Wildman–Crippen LogP) is 0.594. The Bertz CT molecular complexity index is 90.1. The van der Waals surface area contributed by atoms with Crippen molar-refractivity contribution in [2.75, 3.05) is 12.5 Å². The molecule has 0 aromatic heterocycles. The van der Waals surface area contributed by atoms with Crippen LogP contribution in [0.25, 0.3) is 0 Å². The smallest absolute Gasteiger partial charge is 0.0140 e. The van der Waals surface area contributed by atoms with E-state index in [0.29, 0.717) is 0 Å². The zero-order valence-electron chi connectivity index (χ0n) is 3.62. The van der Waals surface area contributed by atoms with Crippen molar-refractivity contribution >= 4 is 15.3 Å². The minimum Gasteiger partial charge on any atom is -0.287 e. The molecule has 0 spiro atoms. The van der Waals surface area contributed by atoms with E-state index in [0.717, 1.165) is 0 Å². The van der Waals surface area contributed by atoms with E-state index in [2.05, 4.69) is 5.87 Å². The van der Waals surface area contributed by atoms with Crippen molar-refractivity contribution in [3.05, 3.63) is 0 Å². The molecule has 2 heteroatoms. The molecule has 0 aliphatic heterocycles. The normalized spacial score (nSPS) is 11.6. The standard InChI is InChI=1S/C3H9NS/c1-5(2,3)4/h4H,1H2,2-3H3. The maximum absolute atomic E-state index is 6.91. The van der Waals surface area contributed by atoms with Crippen molar-refractivity contribution in [1.82, 2.24) is 0 Å². The van der Waals surface area contributed by atoms with Gasteiger partial charge in [-0.05, 0) is 12.5 Å². The van der Waals surface area contributed by atoms with Crippen molar-refractivity contribution in [2.24, 2.45) is 0 Å². The Balaban J connectivity index is 4.06. The zero-order valence-corrected chi connectivity index (χ0v) is 4.43. The van der Waals surface area contributed by atoms with Crippen LogP contribution in [0.2, 0.25) is 0 Å². The summed E-state index contributed by atoms with van der Waals surface area (Å²) in [7, 11) is -1.17. The quantitative estimate of drug-likeness (QED) is 0.422. The van der Waals surface area contributed by atoms with Crippen molar-refractivity contribution in [1.29, 1.82) is 4.78 Å². The van der Waals surface area contributed by atoms with Crippen LogP contribution in [0.1, 0.15) is 0 Å². The molecule has 0 aromatic rings. The molecule has 0 rings (SSSR count). The van der Waals surface area contributed by atoms with Crippen LogP contribution < -0.4 is 0 Å². The molecular formula is C3H9NS. The fourth-order valence-electron chi connectivity index (χ4n) is 0. The third-order valence-corrected chi connectivity index (χ3v) is 0. The van der Waals surface area contributed by atoms with Crippen LogP contribution in [0.3, 0.4) is 0 Å². The summed E-state index contributed by atoms with van der Waals surface area (Å²) >= 11 is 0. The molecule has 0 saturated carbocycles. The third kappa shape index (κ3) is 41000. The van der Waals surface area contributed by atoms with Gasteiger partial charge in [-0.2, -0.15) is 0 Å². The molecule has 0 radical (unpaired) electrons. The highest BCUT2D eigenvalue weighted by molar-refractivity contribution is 7.99. The highest BCUT2D eigenvalue weighted by Crippen LogP contribution is 1.65. The van der Waals surface area contributed by atoms with Crippen LogP contribution in [-0.4, -0.2) is 18.4 Å². The molecule has 0 aliphatic carbocycles. The molecular weight excluding hydrogens is 82.1 g/mol. The van der Waals surface area contributed by atoms with E-state index >= 15 is 0 Å². The minimum atomic E-state index is -1.17. The maximum atomic E-state index is 6.91. The van der Waals surface area contributed by atoms with E-state index in [1.165, 1.54) is 0 Å². The molecule has 1 N–H and O–H groups in total. The van der Waals surface area contributed by atoms with Gasteiger partial charge in [0.05, 0.1) is 0 Å². The van der Waals surface area contributed by atoms with E-state index in [4.69, 9.17) is 4.78 Å². The van der Waals surface area contributed by atoms with Crippen LogP contribution in [0.15, 0.2) is 0 Å². The fourth-order valence-corrected chi connectivity index (χ4v) is 0. The topological polar surface area (TPSA) is 23.9 Å². The third-order valence-electron chi connectivity index (χ3n) is 0. The lowest BCUT2D eigenvalue weighted by Gasteiger charge is -1.84. The molecule has 5 heavy (non-hydrogen) atoms. The molecule has 0 atom stereocenters. The molecule has 0 unspecified atom stereocenters. The van der Waals surface area contributed by atoms with Crippen LogP contribution in [0.4, 0.5) is 0 Å². The van der Waals surface area contributed by atoms with Gasteiger partial charge in [-0.3, -0.25) is 4.78 Å². The molecule has 0 aliphatic rings. The van der Waals surface area contributed by atoms with Crippen molar-refractivity contribution in [3.63, 3.8) is 0 Å². The predicted molar refractivity (Wildman–Crippen MR) is 29.1 cm³/mol. The lowest BCUT2D eigenvalue weighted by molar-refractivity contribution is 1.63. The first-order valence-corrected chi connectivity index (χ1v) is 3.93. The average molecular weight is 91.2 g/mol. The van der Waals surface area contributed by atoms with Crippen LogP contribution in [0.5, 0.6) is 0 Å². The van der Waals surface area contributed by atoms with Crippen molar-refractivity contribution < 1.29 is 0 Å². The summed E-state index contributed by atoms with van der Waals surface area (Å²) in [6.45, 7) is 0. The summed E-state index contributed by atoms with van der Waals surface area (Å²) in [4.78, 5) is 0. The van der Waals surface area contributed by atoms with Gasteiger partial charge in [0.1, 0.15) is 0 Å². The Morgan fingerprint density at radius 1 is 1.60 bits per heavy atom. The molecule has 32 valence electrons. The second-order valence-corrected chi connectivity index (χ2v) is 4.61. The van der Waals surface area contributed by atoms with Crippen LogP contribution in [0, 0.1) is 4.78 Å². The second kappa shape index (κ2) is 1.01. The number of rotatable bonds is 0. The lowest BCUT2D eigenvalue weighted by atomic mass is 11.9. The Morgan fingerprint density at radius 3 is 1.60 bits per heavy atom. The summed E-state index contributed by atoms with van der Waals surface area (Å²) in [5, 5.41) is 0. The van der Waals surface area contributed by atoms with E-state index in [1.54, 1.807) is 0 Å². The van der Waals surface area contributed by atoms with Gasteiger partial charge in [0.25, 0.3) is 0 Å². The summed E-state index contributed by atoms with van der Waals surface area (Å²) in [5.41, 5.74) is 0. The summed E-state index contributed by atoms with van der Waals surface area (Å²) in [6, 6.07) is 0. The van der Waals surface area contributed by atoms with Crippen LogP contribution in [-0.2, 0) is 9.41 Å². The highest BCUT2D eigenvalue weighted by atomic mass is 32.2. The summed E-state index contributed by atoms with van der Waals surface area (Å²) < 4.78 is 6.91. The first-order chi connectivity index (χ1) is 2.00. The Kier molecular flexibility index (Phi) is 1.02. The molecule has 0 heterocycles.